The number of ether oxygens (including phenoxy) is 1. The maximum Gasteiger partial charge on any atom is 0.267 e. The average molecular weight is 440 g/mol. The molecule has 0 radical (unpaired) electrons. The highest BCUT2D eigenvalue weighted by molar-refractivity contribution is 7.14. The van der Waals surface area contributed by atoms with E-state index in [0.717, 1.165) is 11.1 Å². The number of thiazole rings is 1. The number of halogens is 1. The fourth-order valence-corrected chi connectivity index (χ4v) is 3.88. The van der Waals surface area contributed by atoms with Gasteiger partial charge in [-0.25, -0.2) is 4.98 Å². The Morgan fingerprint density at radius 3 is 2.80 bits per heavy atom. The molecule has 1 aliphatic heterocycles. The molecule has 0 saturated heterocycles. The van der Waals surface area contributed by atoms with Crippen LogP contribution in [0.2, 0.25) is 5.02 Å². The molecule has 1 N–H and O–H groups in total. The molecule has 0 fully saturated rings. The first-order chi connectivity index (χ1) is 14.4. The summed E-state index contributed by atoms with van der Waals surface area (Å²) < 4.78 is 5.65. The summed E-state index contributed by atoms with van der Waals surface area (Å²) in [6.45, 7) is 1.73. The number of nitrogens with one attached hydrogen (secondary N) is 1. The molecule has 1 aromatic heterocycles. The number of amides is 2. The molecule has 2 amide bonds. The van der Waals surface area contributed by atoms with Crippen molar-refractivity contribution >= 4 is 51.6 Å². The first-order valence-corrected chi connectivity index (χ1v) is 10.5. The molecule has 1 aliphatic rings. The molecule has 2 heterocycles. The minimum Gasteiger partial charge on any atom is -0.479 e. The van der Waals surface area contributed by atoms with Crippen LogP contribution in [0.15, 0.2) is 53.9 Å². The second-order valence-corrected chi connectivity index (χ2v) is 8.05. The second kappa shape index (κ2) is 8.30. The SMILES string of the molecule is CC1Oc2ccc(-c3csc(NC(=O)/C=C/c4ccc(Cl)cc4)n3)cc2N(C)C1=O. The number of aromatic nitrogens is 1. The number of hydrogen-bond acceptors (Lipinski definition) is 5. The van der Waals surface area contributed by atoms with E-state index in [4.69, 9.17) is 16.3 Å². The van der Waals surface area contributed by atoms with E-state index in [2.05, 4.69) is 10.3 Å². The molecule has 0 bridgehead atoms. The van der Waals surface area contributed by atoms with Gasteiger partial charge in [0.25, 0.3) is 5.91 Å². The highest BCUT2D eigenvalue weighted by Crippen LogP contribution is 2.37. The lowest BCUT2D eigenvalue weighted by atomic mass is 10.1. The molecule has 0 saturated carbocycles. The fraction of sp³-hybridized carbons (Fsp3) is 0.136. The quantitative estimate of drug-likeness (QED) is 0.589. The van der Waals surface area contributed by atoms with Gasteiger partial charge in [-0.1, -0.05) is 23.7 Å². The minimum atomic E-state index is -0.504. The molecule has 8 heteroatoms. The van der Waals surface area contributed by atoms with Crippen LogP contribution in [-0.2, 0) is 9.59 Å². The van der Waals surface area contributed by atoms with E-state index in [0.29, 0.717) is 27.3 Å². The normalized spacial score (nSPS) is 15.8. The van der Waals surface area contributed by atoms with Gasteiger partial charge in [-0.15, -0.1) is 11.3 Å². The summed E-state index contributed by atoms with van der Waals surface area (Å²) in [6, 6.07) is 12.8. The highest BCUT2D eigenvalue weighted by atomic mass is 35.5. The zero-order chi connectivity index (χ0) is 21.3. The Hall–Kier alpha value is -3.16. The zero-order valence-electron chi connectivity index (χ0n) is 16.3. The number of benzene rings is 2. The molecule has 1 unspecified atom stereocenters. The van der Waals surface area contributed by atoms with E-state index in [1.54, 1.807) is 37.1 Å². The summed E-state index contributed by atoms with van der Waals surface area (Å²) in [4.78, 5) is 30.4. The third-order valence-corrected chi connectivity index (χ3v) is 5.64. The molecule has 6 nitrogen and oxygen atoms in total. The van der Waals surface area contributed by atoms with Crippen molar-refractivity contribution in [2.24, 2.45) is 0 Å². The van der Waals surface area contributed by atoms with Crippen molar-refractivity contribution in [2.75, 3.05) is 17.3 Å². The van der Waals surface area contributed by atoms with Gasteiger partial charge in [-0.05, 0) is 48.9 Å². The number of rotatable bonds is 4. The fourth-order valence-electron chi connectivity index (χ4n) is 3.03. The van der Waals surface area contributed by atoms with Crippen LogP contribution in [0.4, 0.5) is 10.8 Å². The Labute approximate surface area is 182 Å². The smallest absolute Gasteiger partial charge is 0.267 e. The summed E-state index contributed by atoms with van der Waals surface area (Å²) >= 11 is 7.19. The van der Waals surface area contributed by atoms with Gasteiger partial charge in [-0.2, -0.15) is 0 Å². The number of fused-ring (bicyclic) bond motifs is 1. The van der Waals surface area contributed by atoms with Crippen molar-refractivity contribution in [1.82, 2.24) is 4.98 Å². The summed E-state index contributed by atoms with van der Waals surface area (Å²) in [5.74, 6) is 0.284. The third-order valence-electron chi connectivity index (χ3n) is 4.63. The largest absolute Gasteiger partial charge is 0.479 e. The predicted octanol–water partition coefficient (Wildman–Crippen LogP) is 4.86. The van der Waals surface area contributed by atoms with Gasteiger partial charge < -0.3 is 9.64 Å². The first kappa shape index (κ1) is 20.1. The van der Waals surface area contributed by atoms with Crippen LogP contribution in [0.25, 0.3) is 17.3 Å². The van der Waals surface area contributed by atoms with Crippen LogP contribution < -0.4 is 15.0 Å². The number of likely N-dealkylation sites (N-methyl/N-ethyl adjacent to an activating group) is 1. The van der Waals surface area contributed by atoms with Crippen LogP contribution in [0.1, 0.15) is 12.5 Å². The number of anilines is 2. The molecule has 4 rings (SSSR count). The van der Waals surface area contributed by atoms with Gasteiger partial charge >= 0.3 is 0 Å². The molecule has 1 atom stereocenters. The van der Waals surface area contributed by atoms with Gasteiger partial charge in [0.1, 0.15) is 5.75 Å². The Bertz CT molecular complexity index is 1140. The first-order valence-electron chi connectivity index (χ1n) is 9.19. The van der Waals surface area contributed by atoms with Gasteiger partial charge in [-0.3, -0.25) is 14.9 Å². The predicted molar refractivity (Wildman–Crippen MR) is 120 cm³/mol. The Kier molecular flexibility index (Phi) is 5.57. The van der Waals surface area contributed by atoms with Crippen LogP contribution in [0, 0.1) is 0 Å². The summed E-state index contributed by atoms with van der Waals surface area (Å²) in [5, 5.41) is 5.75. The van der Waals surface area contributed by atoms with Gasteiger partial charge in [0.15, 0.2) is 11.2 Å². The van der Waals surface area contributed by atoms with E-state index in [1.165, 1.54) is 17.4 Å². The summed E-state index contributed by atoms with van der Waals surface area (Å²) in [5.41, 5.74) is 3.11. The lowest BCUT2D eigenvalue weighted by Crippen LogP contribution is -2.41. The van der Waals surface area contributed by atoms with Crippen LogP contribution in [-0.4, -0.2) is 29.9 Å². The van der Waals surface area contributed by atoms with Crippen LogP contribution >= 0.6 is 22.9 Å². The Morgan fingerprint density at radius 1 is 1.27 bits per heavy atom. The molecule has 30 heavy (non-hydrogen) atoms. The number of hydrogen-bond donors (Lipinski definition) is 1. The monoisotopic (exact) mass is 439 g/mol. The van der Waals surface area contributed by atoms with E-state index in [1.807, 2.05) is 35.7 Å². The molecular weight excluding hydrogens is 422 g/mol. The molecule has 0 aliphatic carbocycles. The van der Waals surface area contributed by atoms with Crippen molar-refractivity contribution < 1.29 is 14.3 Å². The Morgan fingerprint density at radius 2 is 2.03 bits per heavy atom. The lowest BCUT2D eigenvalue weighted by molar-refractivity contribution is -0.125. The van der Waals surface area contributed by atoms with Crippen molar-refractivity contribution in [3.8, 4) is 17.0 Å². The standard InChI is InChI=1S/C22H18ClN3O3S/c1-13-21(28)26(2)18-11-15(6-9-19(18)29-13)17-12-30-22(24-17)25-20(27)10-5-14-3-7-16(23)8-4-14/h3-13H,1-2H3,(H,24,25,27)/b10-5+. The highest BCUT2D eigenvalue weighted by Gasteiger charge is 2.29. The summed E-state index contributed by atoms with van der Waals surface area (Å²) in [6.07, 6.45) is 2.65. The molecular formula is C22H18ClN3O3S. The molecule has 152 valence electrons. The van der Waals surface area contributed by atoms with Gasteiger partial charge in [0.2, 0.25) is 5.91 Å². The Balaban J connectivity index is 1.47. The zero-order valence-corrected chi connectivity index (χ0v) is 17.8. The third kappa shape index (κ3) is 4.22. The number of carbonyl (C=O) groups excluding carboxylic acids is 2. The van der Waals surface area contributed by atoms with Gasteiger partial charge in [0.05, 0.1) is 11.4 Å². The lowest BCUT2D eigenvalue weighted by Gasteiger charge is -2.30. The maximum atomic E-state index is 12.2. The van der Waals surface area contributed by atoms with Gasteiger partial charge in [0, 0.05) is 29.1 Å². The van der Waals surface area contributed by atoms with E-state index >= 15 is 0 Å². The average Bonchev–Trinajstić information content (AvgIpc) is 3.20. The van der Waals surface area contributed by atoms with Crippen molar-refractivity contribution in [1.29, 1.82) is 0 Å². The molecule has 0 spiro atoms. The summed E-state index contributed by atoms with van der Waals surface area (Å²) in [7, 11) is 1.73. The van der Waals surface area contributed by atoms with Crippen LogP contribution in [0.3, 0.4) is 0 Å². The molecule has 3 aromatic rings. The number of nitrogens with zero attached hydrogens (tertiary/aromatic N) is 2. The van der Waals surface area contributed by atoms with E-state index in [-0.39, 0.29) is 11.8 Å². The van der Waals surface area contributed by atoms with E-state index in [9.17, 15) is 9.59 Å². The topological polar surface area (TPSA) is 71.5 Å². The van der Waals surface area contributed by atoms with Crippen molar-refractivity contribution in [2.45, 2.75) is 13.0 Å². The van der Waals surface area contributed by atoms with E-state index < -0.39 is 6.10 Å². The second-order valence-electron chi connectivity index (χ2n) is 6.75. The maximum absolute atomic E-state index is 12.2. The number of carbonyl (C=O) groups is 2. The van der Waals surface area contributed by atoms with Crippen molar-refractivity contribution in [3.63, 3.8) is 0 Å². The molecule has 2 aromatic carbocycles. The van der Waals surface area contributed by atoms with Crippen molar-refractivity contribution in [3.05, 3.63) is 64.5 Å². The van der Waals surface area contributed by atoms with Crippen LogP contribution in [0.5, 0.6) is 5.75 Å². The minimum absolute atomic E-state index is 0.0987.